The lowest BCUT2D eigenvalue weighted by molar-refractivity contribution is -0.384. The van der Waals surface area contributed by atoms with Crippen molar-refractivity contribution in [2.45, 2.75) is 6.92 Å². The SMILES string of the molecule is Cc1ccc(NC(=O)c2cn(C)c(=O)n(C)c2=O)c([N+](=O)[O-])c1. The van der Waals surface area contributed by atoms with E-state index in [9.17, 15) is 24.5 Å². The molecule has 1 aromatic carbocycles. The van der Waals surface area contributed by atoms with Crippen LogP contribution in [0.3, 0.4) is 0 Å². The highest BCUT2D eigenvalue weighted by atomic mass is 16.6. The first-order valence-corrected chi connectivity index (χ1v) is 6.55. The van der Waals surface area contributed by atoms with Crippen molar-refractivity contribution in [1.82, 2.24) is 9.13 Å². The van der Waals surface area contributed by atoms with Crippen molar-refractivity contribution in [2.24, 2.45) is 14.1 Å². The summed E-state index contributed by atoms with van der Waals surface area (Å²) in [6.07, 6.45) is 1.10. The van der Waals surface area contributed by atoms with Crippen LogP contribution in [0.2, 0.25) is 0 Å². The van der Waals surface area contributed by atoms with Crippen molar-refractivity contribution < 1.29 is 9.72 Å². The highest BCUT2D eigenvalue weighted by Gasteiger charge is 2.20. The lowest BCUT2D eigenvalue weighted by Gasteiger charge is -2.08. The number of rotatable bonds is 3. The molecule has 0 aliphatic heterocycles. The van der Waals surface area contributed by atoms with Crippen molar-refractivity contribution in [1.29, 1.82) is 0 Å². The number of hydrogen-bond acceptors (Lipinski definition) is 5. The molecule has 0 spiro atoms. The van der Waals surface area contributed by atoms with Crippen molar-refractivity contribution in [3.05, 3.63) is 66.5 Å². The van der Waals surface area contributed by atoms with Gasteiger partial charge in [-0.25, -0.2) is 4.79 Å². The Morgan fingerprint density at radius 2 is 1.91 bits per heavy atom. The van der Waals surface area contributed by atoms with Crippen LogP contribution < -0.4 is 16.6 Å². The molecule has 1 N–H and O–H groups in total. The second-order valence-electron chi connectivity index (χ2n) is 5.03. The van der Waals surface area contributed by atoms with Crippen LogP contribution in [-0.4, -0.2) is 20.0 Å². The molecule has 1 aromatic heterocycles. The van der Waals surface area contributed by atoms with E-state index < -0.39 is 22.1 Å². The average molecular weight is 318 g/mol. The van der Waals surface area contributed by atoms with E-state index in [1.165, 1.54) is 26.2 Å². The van der Waals surface area contributed by atoms with Gasteiger partial charge in [-0.15, -0.1) is 0 Å². The molecule has 0 bridgehead atoms. The summed E-state index contributed by atoms with van der Waals surface area (Å²) in [5, 5.41) is 13.4. The molecule has 0 unspecified atom stereocenters. The highest BCUT2D eigenvalue weighted by Crippen LogP contribution is 2.25. The Bertz CT molecular complexity index is 926. The van der Waals surface area contributed by atoms with Gasteiger partial charge in [0.1, 0.15) is 11.3 Å². The fraction of sp³-hybridized carbons (Fsp3) is 0.214. The summed E-state index contributed by atoms with van der Waals surface area (Å²) >= 11 is 0. The molecule has 1 heterocycles. The van der Waals surface area contributed by atoms with Gasteiger partial charge in [-0.1, -0.05) is 6.07 Å². The number of amides is 1. The summed E-state index contributed by atoms with van der Waals surface area (Å²) in [5.41, 5.74) is -1.29. The molecule has 9 nitrogen and oxygen atoms in total. The van der Waals surface area contributed by atoms with Gasteiger partial charge in [0.25, 0.3) is 17.2 Å². The van der Waals surface area contributed by atoms with Gasteiger partial charge in [0.2, 0.25) is 0 Å². The van der Waals surface area contributed by atoms with E-state index in [1.807, 2.05) is 0 Å². The first-order valence-electron chi connectivity index (χ1n) is 6.55. The predicted octanol–water partition coefficient (Wildman–Crippen LogP) is 0.553. The number of aromatic nitrogens is 2. The van der Waals surface area contributed by atoms with E-state index >= 15 is 0 Å². The number of nitrogens with zero attached hydrogens (tertiary/aromatic N) is 3. The molecule has 2 aromatic rings. The Hall–Kier alpha value is -3.23. The van der Waals surface area contributed by atoms with E-state index in [0.717, 1.165) is 15.3 Å². The zero-order valence-corrected chi connectivity index (χ0v) is 12.7. The number of aryl methyl sites for hydroxylation is 2. The van der Waals surface area contributed by atoms with Crippen LogP contribution >= 0.6 is 0 Å². The molecular formula is C14H14N4O5. The monoisotopic (exact) mass is 318 g/mol. The molecule has 0 aliphatic carbocycles. The van der Waals surface area contributed by atoms with Crippen LogP contribution in [0.1, 0.15) is 15.9 Å². The standard InChI is InChI=1S/C14H14N4O5/c1-8-4-5-10(11(6-8)18(22)23)15-12(19)9-7-16(2)14(21)17(3)13(9)20/h4-7H,1-3H3,(H,15,19). The largest absolute Gasteiger partial charge is 0.330 e. The van der Waals surface area contributed by atoms with Crippen LogP contribution in [0, 0.1) is 17.0 Å². The average Bonchev–Trinajstić information content (AvgIpc) is 2.50. The third kappa shape index (κ3) is 3.03. The van der Waals surface area contributed by atoms with E-state index in [1.54, 1.807) is 13.0 Å². The van der Waals surface area contributed by atoms with Crippen LogP contribution in [-0.2, 0) is 14.1 Å². The summed E-state index contributed by atoms with van der Waals surface area (Å²) in [6, 6.07) is 4.30. The van der Waals surface area contributed by atoms with Crippen molar-refractivity contribution in [2.75, 3.05) is 5.32 Å². The molecule has 0 saturated carbocycles. The van der Waals surface area contributed by atoms with E-state index in [2.05, 4.69) is 5.32 Å². The van der Waals surface area contributed by atoms with Crippen molar-refractivity contribution in [3.63, 3.8) is 0 Å². The van der Waals surface area contributed by atoms with Crippen LogP contribution in [0.5, 0.6) is 0 Å². The summed E-state index contributed by atoms with van der Waals surface area (Å²) in [5.74, 6) is -0.826. The number of hydrogen-bond donors (Lipinski definition) is 1. The van der Waals surface area contributed by atoms with Gasteiger partial charge < -0.3 is 9.88 Å². The third-order valence-electron chi connectivity index (χ3n) is 3.29. The molecule has 2 rings (SSSR count). The molecule has 0 fully saturated rings. The van der Waals surface area contributed by atoms with Crippen LogP contribution in [0.25, 0.3) is 0 Å². The van der Waals surface area contributed by atoms with E-state index in [0.29, 0.717) is 5.56 Å². The summed E-state index contributed by atoms with van der Waals surface area (Å²) in [6.45, 7) is 1.68. The molecule has 0 radical (unpaired) electrons. The van der Waals surface area contributed by atoms with Gasteiger partial charge >= 0.3 is 5.69 Å². The molecule has 0 saturated heterocycles. The van der Waals surface area contributed by atoms with Gasteiger partial charge in [0.15, 0.2) is 0 Å². The number of carbonyl (C=O) groups is 1. The molecule has 23 heavy (non-hydrogen) atoms. The second-order valence-corrected chi connectivity index (χ2v) is 5.03. The van der Waals surface area contributed by atoms with Gasteiger partial charge in [-0.3, -0.25) is 24.3 Å². The Labute approximate surface area is 129 Å². The van der Waals surface area contributed by atoms with Gasteiger partial charge in [-0.2, -0.15) is 0 Å². The number of nitrogens with one attached hydrogen (secondary N) is 1. The van der Waals surface area contributed by atoms with E-state index in [-0.39, 0.29) is 16.9 Å². The fourth-order valence-electron chi connectivity index (χ4n) is 2.05. The first kappa shape index (κ1) is 16.1. The van der Waals surface area contributed by atoms with Crippen LogP contribution in [0.4, 0.5) is 11.4 Å². The predicted molar refractivity (Wildman–Crippen MR) is 82.7 cm³/mol. The first-order chi connectivity index (χ1) is 10.7. The molecule has 9 heteroatoms. The summed E-state index contributed by atoms with van der Waals surface area (Å²) in [4.78, 5) is 46.3. The number of nitro benzene ring substituents is 1. The minimum atomic E-state index is -0.826. The Balaban J connectivity index is 2.47. The highest BCUT2D eigenvalue weighted by molar-refractivity contribution is 6.05. The minimum Gasteiger partial charge on any atom is -0.316 e. The van der Waals surface area contributed by atoms with Gasteiger partial charge in [0, 0.05) is 26.4 Å². The maximum absolute atomic E-state index is 12.2. The number of nitro groups is 1. The van der Waals surface area contributed by atoms with Crippen LogP contribution in [0.15, 0.2) is 34.0 Å². The quantitative estimate of drug-likeness (QED) is 0.655. The zero-order chi connectivity index (χ0) is 17.3. The van der Waals surface area contributed by atoms with Crippen molar-refractivity contribution in [3.8, 4) is 0 Å². The Morgan fingerprint density at radius 3 is 2.52 bits per heavy atom. The molecule has 0 aliphatic rings. The lowest BCUT2D eigenvalue weighted by atomic mass is 10.2. The minimum absolute atomic E-state index is 0.0264. The Kier molecular flexibility index (Phi) is 4.12. The molecule has 0 atom stereocenters. The third-order valence-corrected chi connectivity index (χ3v) is 3.29. The summed E-state index contributed by atoms with van der Waals surface area (Å²) in [7, 11) is 2.64. The Morgan fingerprint density at radius 1 is 1.26 bits per heavy atom. The fourth-order valence-corrected chi connectivity index (χ4v) is 2.05. The molecular weight excluding hydrogens is 304 g/mol. The lowest BCUT2D eigenvalue weighted by Crippen LogP contribution is -2.40. The molecule has 120 valence electrons. The number of benzene rings is 1. The van der Waals surface area contributed by atoms with Crippen molar-refractivity contribution >= 4 is 17.3 Å². The van der Waals surface area contributed by atoms with Gasteiger partial charge in [-0.05, 0) is 18.6 Å². The normalized spacial score (nSPS) is 10.4. The smallest absolute Gasteiger partial charge is 0.316 e. The number of carbonyl (C=O) groups excluding carboxylic acids is 1. The number of anilines is 1. The van der Waals surface area contributed by atoms with Gasteiger partial charge in [0.05, 0.1) is 4.92 Å². The molecule has 1 amide bonds. The maximum Gasteiger partial charge on any atom is 0.330 e. The summed E-state index contributed by atoms with van der Waals surface area (Å²) < 4.78 is 1.87. The maximum atomic E-state index is 12.2. The second kappa shape index (κ2) is 5.87. The topological polar surface area (TPSA) is 116 Å². The zero-order valence-electron chi connectivity index (χ0n) is 12.7. The van der Waals surface area contributed by atoms with E-state index in [4.69, 9.17) is 0 Å².